The van der Waals surface area contributed by atoms with Gasteiger partial charge in [0, 0.05) is 5.56 Å². The van der Waals surface area contributed by atoms with Gasteiger partial charge in [-0.2, -0.15) is 0 Å². The van der Waals surface area contributed by atoms with Crippen LogP contribution in [0.2, 0.25) is 0 Å². The third-order valence-corrected chi connectivity index (χ3v) is 2.28. The molecule has 2 N–H and O–H groups in total. The van der Waals surface area contributed by atoms with Gasteiger partial charge in [-0.1, -0.05) is 48.2 Å². The first-order valence-electron chi connectivity index (χ1n) is 5.02. The Bertz CT molecular complexity index is 585. The van der Waals surface area contributed by atoms with E-state index >= 15 is 0 Å². The molecule has 16 heavy (non-hydrogen) atoms. The molecule has 0 aromatic heterocycles. The van der Waals surface area contributed by atoms with E-state index in [0.717, 1.165) is 16.3 Å². The summed E-state index contributed by atoms with van der Waals surface area (Å²) in [5.41, 5.74) is 5.96. The zero-order chi connectivity index (χ0) is 11.4. The van der Waals surface area contributed by atoms with Gasteiger partial charge in [0.25, 0.3) is 0 Å². The van der Waals surface area contributed by atoms with E-state index in [4.69, 9.17) is 5.73 Å². The number of nitrogens with two attached hydrogens (primary N) is 1. The van der Waals surface area contributed by atoms with E-state index in [2.05, 4.69) is 11.8 Å². The molecule has 78 valence electrons. The lowest BCUT2D eigenvalue weighted by Gasteiger charge is -1.98. The Hall–Kier alpha value is -2.27. The van der Waals surface area contributed by atoms with E-state index in [0.29, 0.717) is 0 Å². The Kier molecular flexibility index (Phi) is 2.88. The zero-order valence-corrected chi connectivity index (χ0v) is 8.73. The molecule has 1 amide bonds. The normalized spacial score (nSPS) is 9.50. The summed E-state index contributed by atoms with van der Waals surface area (Å²) in [7, 11) is 0. The molecule has 2 aromatic rings. The second kappa shape index (κ2) is 4.50. The van der Waals surface area contributed by atoms with Crippen LogP contribution < -0.4 is 5.73 Å². The van der Waals surface area contributed by atoms with E-state index < -0.39 is 5.91 Å². The van der Waals surface area contributed by atoms with Gasteiger partial charge in [0.1, 0.15) is 0 Å². The fraction of sp³-hybridized carbons (Fsp3) is 0.0714. The molecular formula is C14H11NO. The van der Waals surface area contributed by atoms with Crippen molar-refractivity contribution in [3.05, 3.63) is 48.0 Å². The molecule has 0 heterocycles. The van der Waals surface area contributed by atoms with Crippen LogP contribution in [0.1, 0.15) is 12.0 Å². The second-order valence-electron chi connectivity index (χ2n) is 3.47. The molecule has 0 unspecified atom stereocenters. The van der Waals surface area contributed by atoms with Crippen molar-refractivity contribution in [2.24, 2.45) is 5.73 Å². The van der Waals surface area contributed by atoms with Crippen LogP contribution in [0.5, 0.6) is 0 Å². The smallest absolute Gasteiger partial charge is 0.229 e. The molecule has 0 aliphatic rings. The minimum absolute atomic E-state index is 0.100. The van der Waals surface area contributed by atoms with Crippen molar-refractivity contribution < 1.29 is 4.79 Å². The van der Waals surface area contributed by atoms with Gasteiger partial charge in [-0.3, -0.25) is 4.79 Å². The maximum atomic E-state index is 10.6. The monoisotopic (exact) mass is 209 g/mol. The highest BCUT2D eigenvalue weighted by Gasteiger charge is 1.96. The Morgan fingerprint density at radius 1 is 1.12 bits per heavy atom. The number of fused-ring (bicyclic) bond motifs is 1. The molecule has 2 nitrogen and oxygen atoms in total. The summed E-state index contributed by atoms with van der Waals surface area (Å²) in [6, 6.07) is 13.9. The number of hydrogen-bond acceptors (Lipinski definition) is 1. The van der Waals surface area contributed by atoms with Crippen molar-refractivity contribution in [1.29, 1.82) is 0 Å². The van der Waals surface area contributed by atoms with Crippen LogP contribution in [0.4, 0.5) is 0 Å². The first kappa shape index (κ1) is 10.3. The van der Waals surface area contributed by atoms with Crippen LogP contribution in [0.25, 0.3) is 10.8 Å². The molecule has 0 fully saturated rings. The number of carbonyl (C=O) groups excluding carboxylic acids is 1. The molecule has 0 atom stereocenters. The molecule has 2 heteroatoms. The third-order valence-electron chi connectivity index (χ3n) is 2.28. The first-order valence-corrected chi connectivity index (χ1v) is 5.02. The number of rotatable bonds is 1. The molecule has 0 radical (unpaired) electrons. The maximum absolute atomic E-state index is 10.6. The predicted molar refractivity (Wildman–Crippen MR) is 64.6 cm³/mol. The van der Waals surface area contributed by atoms with Gasteiger partial charge in [-0.05, 0) is 16.8 Å². The van der Waals surface area contributed by atoms with Gasteiger partial charge >= 0.3 is 0 Å². The lowest BCUT2D eigenvalue weighted by molar-refractivity contribution is -0.117. The second-order valence-corrected chi connectivity index (χ2v) is 3.47. The highest BCUT2D eigenvalue weighted by Crippen LogP contribution is 2.17. The molecule has 0 aliphatic carbocycles. The molecule has 2 rings (SSSR count). The first-order chi connectivity index (χ1) is 7.77. The van der Waals surface area contributed by atoms with Crippen LogP contribution in [0.15, 0.2) is 42.5 Å². The van der Waals surface area contributed by atoms with Gasteiger partial charge in [-0.25, -0.2) is 0 Å². The third kappa shape index (κ3) is 2.21. The fourth-order valence-corrected chi connectivity index (χ4v) is 1.56. The van der Waals surface area contributed by atoms with Gasteiger partial charge in [0.15, 0.2) is 0 Å². The van der Waals surface area contributed by atoms with Crippen LogP contribution in [-0.2, 0) is 4.79 Å². The minimum atomic E-state index is -0.396. The van der Waals surface area contributed by atoms with Crippen LogP contribution >= 0.6 is 0 Å². The van der Waals surface area contributed by atoms with Crippen LogP contribution in [0, 0.1) is 11.8 Å². The Morgan fingerprint density at radius 3 is 2.69 bits per heavy atom. The highest BCUT2D eigenvalue weighted by atomic mass is 16.1. The van der Waals surface area contributed by atoms with E-state index in [9.17, 15) is 4.79 Å². The zero-order valence-electron chi connectivity index (χ0n) is 8.73. The van der Waals surface area contributed by atoms with Gasteiger partial charge in [0.05, 0.1) is 6.42 Å². The van der Waals surface area contributed by atoms with Crippen molar-refractivity contribution in [2.75, 3.05) is 0 Å². The molecule has 0 spiro atoms. The van der Waals surface area contributed by atoms with Crippen LogP contribution in [0.3, 0.4) is 0 Å². The van der Waals surface area contributed by atoms with E-state index in [-0.39, 0.29) is 6.42 Å². The summed E-state index contributed by atoms with van der Waals surface area (Å²) < 4.78 is 0. The van der Waals surface area contributed by atoms with E-state index in [1.807, 2.05) is 42.5 Å². The average molecular weight is 209 g/mol. The van der Waals surface area contributed by atoms with Crippen molar-refractivity contribution in [3.8, 4) is 11.8 Å². The highest BCUT2D eigenvalue weighted by molar-refractivity contribution is 5.88. The summed E-state index contributed by atoms with van der Waals surface area (Å²) in [5.74, 6) is 5.34. The fourth-order valence-electron chi connectivity index (χ4n) is 1.56. The summed E-state index contributed by atoms with van der Waals surface area (Å²) >= 11 is 0. The summed E-state index contributed by atoms with van der Waals surface area (Å²) in [6.07, 6.45) is 0.100. The van der Waals surface area contributed by atoms with E-state index in [1.165, 1.54) is 0 Å². The van der Waals surface area contributed by atoms with Gasteiger partial charge < -0.3 is 5.73 Å². The summed E-state index contributed by atoms with van der Waals surface area (Å²) in [6.45, 7) is 0. The van der Waals surface area contributed by atoms with Gasteiger partial charge in [-0.15, -0.1) is 0 Å². The largest absolute Gasteiger partial charge is 0.369 e. The minimum Gasteiger partial charge on any atom is -0.369 e. The standard InChI is InChI=1S/C14H11NO/c15-14(16)10-4-8-12-7-3-6-11-5-1-2-9-13(11)12/h1-3,5-7,9H,10H2,(H2,15,16). The quantitative estimate of drug-likeness (QED) is 0.718. The summed E-state index contributed by atoms with van der Waals surface area (Å²) in [4.78, 5) is 10.6. The number of hydrogen-bond donors (Lipinski definition) is 1. The molecule has 0 saturated heterocycles. The SMILES string of the molecule is NC(=O)CC#Cc1cccc2ccccc12. The maximum Gasteiger partial charge on any atom is 0.229 e. The number of primary amides is 1. The van der Waals surface area contributed by atoms with Crippen molar-refractivity contribution >= 4 is 16.7 Å². The summed E-state index contributed by atoms with van der Waals surface area (Å²) in [5, 5.41) is 2.25. The number of amides is 1. The molecule has 0 saturated carbocycles. The Morgan fingerprint density at radius 2 is 1.88 bits per heavy atom. The van der Waals surface area contributed by atoms with E-state index in [1.54, 1.807) is 0 Å². The molecular weight excluding hydrogens is 198 g/mol. The van der Waals surface area contributed by atoms with Crippen LogP contribution in [-0.4, -0.2) is 5.91 Å². The topological polar surface area (TPSA) is 43.1 Å². The van der Waals surface area contributed by atoms with Crippen molar-refractivity contribution in [2.45, 2.75) is 6.42 Å². The molecule has 0 bridgehead atoms. The Balaban J connectivity index is 2.43. The molecule has 0 aliphatic heterocycles. The van der Waals surface area contributed by atoms with Gasteiger partial charge in [0.2, 0.25) is 5.91 Å². The average Bonchev–Trinajstić information content (AvgIpc) is 2.29. The van der Waals surface area contributed by atoms with Crippen molar-refractivity contribution in [1.82, 2.24) is 0 Å². The predicted octanol–water partition coefficient (Wildman–Crippen LogP) is 2.07. The molecule has 2 aromatic carbocycles. The number of carbonyl (C=O) groups is 1. The lowest BCUT2D eigenvalue weighted by Crippen LogP contribution is -2.08. The lowest BCUT2D eigenvalue weighted by atomic mass is 10.1. The van der Waals surface area contributed by atoms with Crippen molar-refractivity contribution in [3.63, 3.8) is 0 Å². The number of benzene rings is 2. The Labute approximate surface area is 94.1 Å².